The van der Waals surface area contributed by atoms with E-state index < -0.39 is 4.92 Å². The molecule has 34 heavy (non-hydrogen) atoms. The zero-order chi connectivity index (χ0) is 24.2. The first-order valence-electron chi connectivity index (χ1n) is 10.6. The number of hydrogen-bond donors (Lipinski definition) is 1. The number of ether oxygens (including phenoxy) is 2. The first-order chi connectivity index (χ1) is 16.4. The molecule has 0 saturated heterocycles. The third kappa shape index (κ3) is 4.40. The van der Waals surface area contributed by atoms with E-state index in [-0.39, 0.29) is 30.3 Å². The quantitative estimate of drug-likeness (QED) is 0.311. The summed E-state index contributed by atoms with van der Waals surface area (Å²) in [5.41, 5.74) is 3.43. The Labute approximate surface area is 196 Å². The van der Waals surface area contributed by atoms with Crippen LogP contribution in [-0.2, 0) is 6.42 Å². The molecule has 0 bridgehead atoms. The lowest BCUT2D eigenvalue weighted by Gasteiger charge is -2.11. The van der Waals surface area contributed by atoms with Gasteiger partial charge < -0.3 is 14.8 Å². The summed E-state index contributed by atoms with van der Waals surface area (Å²) in [6, 6.07) is 18.1. The number of aryl methyl sites for hydroxylation is 1. The highest BCUT2D eigenvalue weighted by molar-refractivity contribution is 5.97. The monoisotopic (exact) mass is 460 g/mol. The number of nitrogens with zero attached hydrogens (tertiary/aromatic N) is 3. The fourth-order valence-electron chi connectivity index (χ4n) is 3.94. The van der Waals surface area contributed by atoms with Crippen LogP contribution in [-0.4, -0.2) is 41.1 Å². The van der Waals surface area contributed by atoms with Crippen molar-refractivity contribution >= 4 is 22.6 Å². The molecule has 0 radical (unpaired) electrons. The van der Waals surface area contributed by atoms with Gasteiger partial charge in [-0.2, -0.15) is 0 Å². The van der Waals surface area contributed by atoms with Gasteiger partial charge in [0.25, 0.3) is 11.6 Å². The number of carbonyl (C=O) groups excluding carboxylic acids is 1. The second-order valence-corrected chi connectivity index (χ2v) is 7.63. The van der Waals surface area contributed by atoms with Crippen molar-refractivity contribution in [1.29, 1.82) is 0 Å². The minimum absolute atomic E-state index is 0.0877. The van der Waals surface area contributed by atoms with Gasteiger partial charge in [0.2, 0.25) is 0 Å². The number of benzene rings is 3. The summed E-state index contributed by atoms with van der Waals surface area (Å²) in [6.07, 6.45) is 0.256. The summed E-state index contributed by atoms with van der Waals surface area (Å²) in [4.78, 5) is 28.4. The molecular weight excluding hydrogens is 436 g/mol. The molecule has 0 spiro atoms. The lowest BCUT2D eigenvalue weighted by molar-refractivity contribution is -0.385. The number of methoxy groups -OCH3 is 2. The fraction of sp³-hybridized carbons (Fsp3) is 0.200. The summed E-state index contributed by atoms with van der Waals surface area (Å²) in [6.45, 7) is 2.13. The summed E-state index contributed by atoms with van der Waals surface area (Å²) in [7, 11) is 2.88. The van der Waals surface area contributed by atoms with Crippen LogP contribution in [0, 0.1) is 17.0 Å². The normalized spacial score (nSPS) is 10.8. The Hall–Kier alpha value is -4.40. The number of nitro benzene ring substituents is 1. The molecule has 0 aliphatic carbocycles. The zero-order valence-corrected chi connectivity index (χ0v) is 19.1. The Morgan fingerprint density at radius 3 is 2.44 bits per heavy atom. The van der Waals surface area contributed by atoms with Gasteiger partial charge in [0.1, 0.15) is 5.82 Å². The predicted octanol–water partition coefficient (Wildman–Crippen LogP) is 4.23. The Bertz CT molecular complexity index is 1360. The van der Waals surface area contributed by atoms with Gasteiger partial charge in [0.15, 0.2) is 11.5 Å². The Morgan fingerprint density at radius 1 is 1.06 bits per heavy atom. The first-order valence-corrected chi connectivity index (χ1v) is 10.6. The van der Waals surface area contributed by atoms with E-state index in [9.17, 15) is 14.9 Å². The van der Waals surface area contributed by atoms with Gasteiger partial charge in [-0.05, 0) is 49.7 Å². The summed E-state index contributed by atoms with van der Waals surface area (Å²) in [5, 5.41) is 14.3. The van der Waals surface area contributed by atoms with E-state index in [0.29, 0.717) is 22.4 Å². The SMILES string of the molecule is COc1cc(CCNC(=O)c2ccc3c(c2)nc(C)n3-c2ccccc2)c([N+](=O)[O-])cc1OC. The summed E-state index contributed by atoms with van der Waals surface area (Å²) < 4.78 is 12.4. The molecule has 1 amide bonds. The van der Waals surface area contributed by atoms with Crippen molar-refractivity contribution in [1.82, 2.24) is 14.9 Å². The van der Waals surface area contributed by atoms with E-state index in [4.69, 9.17) is 9.47 Å². The van der Waals surface area contributed by atoms with Crippen LogP contribution in [0.3, 0.4) is 0 Å². The topological polar surface area (TPSA) is 109 Å². The van der Waals surface area contributed by atoms with Crippen LogP contribution in [0.2, 0.25) is 0 Å². The lowest BCUT2D eigenvalue weighted by atomic mass is 10.1. The highest BCUT2D eigenvalue weighted by Gasteiger charge is 2.20. The summed E-state index contributed by atoms with van der Waals surface area (Å²) in [5.74, 6) is 1.21. The molecule has 0 atom stereocenters. The van der Waals surface area contributed by atoms with E-state index in [1.54, 1.807) is 18.2 Å². The van der Waals surface area contributed by atoms with Crippen LogP contribution in [0.1, 0.15) is 21.7 Å². The average Bonchev–Trinajstić information content (AvgIpc) is 3.18. The molecule has 1 aromatic heterocycles. The predicted molar refractivity (Wildman–Crippen MR) is 128 cm³/mol. The zero-order valence-electron chi connectivity index (χ0n) is 19.1. The van der Waals surface area contributed by atoms with E-state index in [2.05, 4.69) is 10.3 Å². The van der Waals surface area contributed by atoms with Crippen LogP contribution >= 0.6 is 0 Å². The molecule has 9 nitrogen and oxygen atoms in total. The third-order valence-electron chi connectivity index (χ3n) is 5.56. The van der Waals surface area contributed by atoms with Gasteiger partial charge in [-0.15, -0.1) is 0 Å². The van der Waals surface area contributed by atoms with E-state index >= 15 is 0 Å². The highest BCUT2D eigenvalue weighted by atomic mass is 16.6. The lowest BCUT2D eigenvalue weighted by Crippen LogP contribution is -2.25. The van der Waals surface area contributed by atoms with Gasteiger partial charge in [0, 0.05) is 23.4 Å². The number of imidazole rings is 1. The average molecular weight is 460 g/mol. The second-order valence-electron chi connectivity index (χ2n) is 7.63. The molecule has 1 N–H and O–H groups in total. The molecule has 0 saturated carbocycles. The second kappa shape index (κ2) is 9.62. The number of para-hydroxylation sites is 1. The van der Waals surface area contributed by atoms with Crippen molar-refractivity contribution in [2.45, 2.75) is 13.3 Å². The maximum Gasteiger partial charge on any atom is 0.276 e. The van der Waals surface area contributed by atoms with Crippen LogP contribution in [0.5, 0.6) is 11.5 Å². The number of rotatable bonds is 8. The highest BCUT2D eigenvalue weighted by Crippen LogP contribution is 2.34. The van der Waals surface area contributed by atoms with Crippen molar-refractivity contribution in [3.63, 3.8) is 0 Å². The standard InChI is InChI=1S/C25H24N4O5/c1-16-27-20-13-18(9-10-21(20)28(16)19-7-5-4-6-8-19)25(30)26-12-11-17-14-23(33-2)24(34-3)15-22(17)29(31)32/h4-10,13-15H,11-12H2,1-3H3,(H,26,30). The Balaban J connectivity index is 1.51. The number of carbonyl (C=O) groups is 1. The van der Waals surface area contributed by atoms with Crippen LogP contribution in [0.25, 0.3) is 16.7 Å². The molecule has 9 heteroatoms. The minimum Gasteiger partial charge on any atom is -0.493 e. The number of fused-ring (bicyclic) bond motifs is 1. The van der Waals surface area contributed by atoms with Gasteiger partial charge in [-0.1, -0.05) is 18.2 Å². The smallest absolute Gasteiger partial charge is 0.276 e. The fourth-order valence-corrected chi connectivity index (χ4v) is 3.94. The van der Waals surface area contributed by atoms with Crippen molar-refractivity contribution in [3.8, 4) is 17.2 Å². The van der Waals surface area contributed by atoms with E-state index in [0.717, 1.165) is 17.0 Å². The van der Waals surface area contributed by atoms with Gasteiger partial charge in [-0.3, -0.25) is 19.5 Å². The van der Waals surface area contributed by atoms with Crippen molar-refractivity contribution in [2.75, 3.05) is 20.8 Å². The molecule has 0 aliphatic rings. The van der Waals surface area contributed by atoms with Crippen LogP contribution < -0.4 is 14.8 Å². The van der Waals surface area contributed by atoms with Gasteiger partial charge >= 0.3 is 0 Å². The van der Waals surface area contributed by atoms with Gasteiger partial charge in [-0.25, -0.2) is 4.98 Å². The molecule has 174 valence electrons. The molecule has 0 unspecified atom stereocenters. The third-order valence-corrected chi connectivity index (χ3v) is 5.56. The maximum atomic E-state index is 12.8. The Kier molecular flexibility index (Phi) is 6.44. The maximum absolute atomic E-state index is 12.8. The number of nitro groups is 1. The van der Waals surface area contributed by atoms with E-state index in [1.807, 2.05) is 47.9 Å². The molecule has 0 aliphatic heterocycles. The molecule has 0 fully saturated rings. The molecule has 4 aromatic rings. The largest absolute Gasteiger partial charge is 0.493 e. The molecule has 3 aromatic carbocycles. The van der Waals surface area contributed by atoms with Crippen LogP contribution in [0.4, 0.5) is 5.69 Å². The number of amides is 1. The number of hydrogen-bond acceptors (Lipinski definition) is 6. The van der Waals surface area contributed by atoms with Crippen molar-refractivity contribution in [2.24, 2.45) is 0 Å². The van der Waals surface area contributed by atoms with Crippen molar-refractivity contribution in [3.05, 3.63) is 87.7 Å². The molecule has 4 rings (SSSR count). The number of nitrogens with one attached hydrogen (secondary N) is 1. The molecule has 1 heterocycles. The van der Waals surface area contributed by atoms with Crippen molar-refractivity contribution < 1.29 is 19.2 Å². The van der Waals surface area contributed by atoms with Crippen LogP contribution in [0.15, 0.2) is 60.7 Å². The molecular formula is C25H24N4O5. The van der Waals surface area contributed by atoms with Gasteiger partial charge in [0.05, 0.1) is 36.2 Å². The van der Waals surface area contributed by atoms with E-state index in [1.165, 1.54) is 20.3 Å². The summed E-state index contributed by atoms with van der Waals surface area (Å²) >= 11 is 0. The number of aromatic nitrogens is 2. The first kappa shape index (κ1) is 22.8. The Morgan fingerprint density at radius 2 is 1.76 bits per heavy atom. The minimum atomic E-state index is -0.474.